The average molecular weight is 263 g/mol. The molecule has 0 aliphatic heterocycles. The monoisotopic (exact) mass is 263 g/mol. The van der Waals surface area contributed by atoms with Crippen LogP contribution < -0.4 is 11.2 Å². The van der Waals surface area contributed by atoms with Gasteiger partial charge in [-0.2, -0.15) is 5.10 Å². The molecule has 3 N–H and O–H groups in total. The van der Waals surface area contributed by atoms with Crippen molar-refractivity contribution in [1.29, 1.82) is 0 Å². The summed E-state index contributed by atoms with van der Waals surface area (Å²) >= 11 is 4.58. The van der Waals surface area contributed by atoms with E-state index in [2.05, 4.69) is 22.7 Å². The molecule has 4 nitrogen and oxygen atoms in total. The maximum absolute atomic E-state index is 13.5. The number of nitrogens with zero attached hydrogens (tertiary/aromatic N) is 1. The van der Waals surface area contributed by atoms with E-state index in [4.69, 9.17) is 10.2 Å². The number of hydrogen-bond donors (Lipinski definition) is 2. The Morgan fingerprint density at radius 1 is 1.33 bits per heavy atom. The Bertz CT molecular complexity index is 595. The number of rotatable bonds is 3. The molecule has 0 radical (unpaired) electrons. The van der Waals surface area contributed by atoms with Crippen LogP contribution in [0.5, 0.6) is 0 Å². The lowest BCUT2D eigenvalue weighted by molar-refractivity contribution is 0.563. The van der Waals surface area contributed by atoms with Gasteiger partial charge in [0.2, 0.25) is 0 Å². The Kier molecular flexibility index (Phi) is 3.69. The average Bonchev–Trinajstić information content (AvgIpc) is 2.78. The molecule has 92 valence electrons. The van der Waals surface area contributed by atoms with Crippen LogP contribution in [-0.4, -0.2) is 11.3 Å². The van der Waals surface area contributed by atoms with Crippen LogP contribution in [0.3, 0.4) is 0 Å². The van der Waals surface area contributed by atoms with Gasteiger partial charge in [-0.15, -0.1) is 0 Å². The van der Waals surface area contributed by atoms with Crippen molar-refractivity contribution in [3.8, 4) is 11.3 Å². The van der Waals surface area contributed by atoms with Gasteiger partial charge in [-0.3, -0.25) is 5.43 Å². The van der Waals surface area contributed by atoms with Crippen LogP contribution >= 0.6 is 12.2 Å². The van der Waals surface area contributed by atoms with E-state index in [-0.39, 0.29) is 10.9 Å². The Morgan fingerprint density at radius 3 is 2.83 bits per heavy atom. The fraction of sp³-hybridized carbons (Fsp3) is 0. The zero-order valence-electron chi connectivity index (χ0n) is 9.26. The molecule has 6 heteroatoms. The van der Waals surface area contributed by atoms with Gasteiger partial charge in [-0.05, 0) is 36.5 Å². The van der Waals surface area contributed by atoms with E-state index in [1.807, 2.05) is 0 Å². The molecule has 1 aromatic carbocycles. The van der Waals surface area contributed by atoms with Crippen molar-refractivity contribution >= 4 is 23.5 Å². The summed E-state index contributed by atoms with van der Waals surface area (Å²) in [6, 6.07) is 9.72. The molecule has 0 bridgehead atoms. The van der Waals surface area contributed by atoms with Crippen LogP contribution in [-0.2, 0) is 0 Å². The first-order valence-electron chi connectivity index (χ1n) is 5.10. The van der Waals surface area contributed by atoms with Crippen molar-refractivity contribution in [3.05, 3.63) is 48.0 Å². The van der Waals surface area contributed by atoms with Gasteiger partial charge in [0.05, 0.1) is 11.8 Å². The van der Waals surface area contributed by atoms with Crippen molar-refractivity contribution in [2.45, 2.75) is 0 Å². The van der Waals surface area contributed by atoms with E-state index < -0.39 is 0 Å². The lowest BCUT2D eigenvalue weighted by Crippen LogP contribution is -2.23. The lowest BCUT2D eigenvalue weighted by Gasteiger charge is -1.97. The Hall–Kier alpha value is -2.21. The van der Waals surface area contributed by atoms with Gasteiger partial charge in [-0.25, -0.2) is 4.39 Å². The number of thiocarbonyl (C=S) groups is 1. The largest absolute Gasteiger partial charge is 0.455 e. The van der Waals surface area contributed by atoms with Crippen LogP contribution in [0.2, 0.25) is 0 Å². The number of hydrogen-bond acceptors (Lipinski definition) is 3. The molecule has 0 spiro atoms. The molecule has 0 amide bonds. The van der Waals surface area contributed by atoms with Crippen LogP contribution in [0.25, 0.3) is 11.3 Å². The maximum Gasteiger partial charge on any atom is 0.184 e. The predicted molar refractivity (Wildman–Crippen MR) is 71.6 cm³/mol. The number of hydrazone groups is 1. The lowest BCUT2D eigenvalue weighted by atomic mass is 10.1. The Morgan fingerprint density at radius 2 is 2.11 bits per heavy atom. The summed E-state index contributed by atoms with van der Waals surface area (Å²) < 4.78 is 18.9. The highest BCUT2D eigenvalue weighted by Gasteiger charge is 2.07. The van der Waals surface area contributed by atoms with E-state index in [1.54, 1.807) is 30.3 Å². The molecule has 0 aliphatic rings. The van der Waals surface area contributed by atoms with Gasteiger partial charge in [0.25, 0.3) is 0 Å². The molecular formula is C12H10FN3OS. The number of nitrogens with two attached hydrogens (primary N) is 1. The zero-order chi connectivity index (χ0) is 13.0. The van der Waals surface area contributed by atoms with Gasteiger partial charge in [0.1, 0.15) is 17.3 Å². The molecule has 0 saturated carbocycles. The zero-order valence-corrected chi connectivity index (χ0v) is 10.1. The van der Waals surface area contributed by atoms with Gasteiger partial charge in [0.15, 0.2) is 5.11 Å². The summed E-state index contributed by atoms with van der Waals surface area (Å²) in [5, 5.41) is 3.80. The predicted octanol–water partition coefficient (Wildman–Crippen LogP) is 2.25. The van der Waals surface area contributed by atoms with Crippen molar-refractivity contribution in [2.24, 2.45) is 10.8 Å². The molecule has 1 aromatic heterocycles. The third-order valence-electron chi connectivity index (χ3n) is 2.13. The normalized spacial score (nSPS) is 10.7. The van der Waals surface area contributed by atoms with Crippen molar-refractivity contribution in [1.82, 2.24) is 5.43 Å². The second-order valence-electron chi connectivity index (χ2n) is 3.42. The summed E-state index contributed by atoms with van der Waals surface area (Å²) in [5.74, 6) is 0.568. The number of nitrogens with one attached hydrogen (secondary N) is 1. The van der Waals surface area contributed by atoms with Crippen molar-refractivity contribution in [3.63, 3.8) is 0 Å². The van der Waals surface area contributed by atoms with Gasteiger partial charge in [0, 0.05) is 0 Å². The van der Waals surface area contributed by atoms with Crippen LogP contribution in [0.4, 0.5) is 4.39 Å². The first-order valence-corrected chi connectivity index (χ1v) is 5.51. The van der Waals surface area contributed by atoms with Gasteiger partial charge >= 0.3 is 0 Å². The van der Waals surface area contributed by atoms with Gasteiger partial charge < -0.3 is 10.2 Å². The summed E-state index contributed by atoms with van der Waals surface area (Å²) in [4.78, 5) is 0. The van der Waals surface area contributed by atoms with E-state index in [1.165, 1.54) is 12.3 Å². The molecule has 0 unspecified atom stereocenters. The smallest absolute Gasteiger partial charge is 0.184 e. The minimum Gasteiger partial charge on any atom is -0.455 e. The third-order valence-corrected chi connectivity index (χ3v) is 2.22. The van der Waals surface area contributed by atoms with Crippen LogP contribution in [0, 0.1) is 5.82 Å². The highest BCUT2D eigenvalue weighted by atomic mass is 32.1. The molecule has 0 atom stereocenters. The minimum absolute atomic E-state index is 0.0622. The fourth-order valence-electron chi connectivity index (χ4n) is 1.39. The van der Waals surface area contributed by atoms with E-state index in [0.29, 0.717) is 17.1 Å². The summed E-state index contributed by atoms with van der Waals surface area (Å²) in [6.07, 6.45) is 1.41. The first-order chi connectivity index (χ1) is 8.66. The molecule has 18 heavy (non-hydrogen) atoms. The fourth-order valence-corrected chi connectivity index (χ4v) is 1.44. The third kappa shape index (κ3) is 2.92. The SMILES string of the molecule is NC(=S)N/N=C/c1ccc(-c2ccccc2F)o1. The molecule has 1 heterocycles. The number of furan rings is 1. The molecule has 0 saturated heterocycles. The van der Waals surface area contributed by atoms with E-state index in [9.17, 15) is 4.39 Å². The van der Waals surface area contributed by atoms with E-state index >= 15 is 0 Å². The van der Waals surface area contributed by atoms with Crippen molar-refractivity contribution in [2.75, 3.05) is 0 Å². The van der Waals surface area contributed by atoms with E-state index in [0.717, 1.165) is 0 Å². The highest BCUT2D eigenvalue weighted by Crippen LogP contribution is 2.23. The summed E-state index contributed by atoms with van der Waals surface area (Å²) in [5.41, 5.74) is 8.00. The Balaban J connectivity index is 2.18. The summed E-state index contributed by atoms with van der Waals surface area (Å²) in [7, 11) is 0. The van der Waals surface area contributed by atoms with Crippen LogP contribution in [0.15, 0.2) is 45.9 Å². The maximum atomic E-state index is 13.5. The van der Waals surface area contributed by atoms with Crippen LogP contribution in [0.1, 0.15) is 5.76 Å². The highest BCUT2D eigenvalue weighted by molar-refractivity contribution is 7.80. The molecule has 0 fully saturated rings. The standard InChI is InChI=1S/C12H10FN3OS/c13-10-4-2-1-3-9(10)11-6-5-8(17-11)7-15-16-12(14)18/h1-7H,(H3,14,16,18)/b15-7+. The van der Waals surface area contributed by atoms with Gasteiger partial charge in [-0.1, -0.05) is 12.1 Å². The second-order valence-corrected chi connectivity index (χ2v) is 3.86. The molecule has 2 rings (SSSR count). The topological polar surface area (TPSA) is 63.5 Å². The quantitative estimate of drug-likeness (QED) is 0.506. The second kappa shape index (κ2) is 5.42. The first kappa shape index (κ1) is 12.3. The molecule has 2 aromatic rings. The Labute approximate surface area is 108 Å². The molecular weight excluding hydrogens is 253 g/mol. The number of halogens is 1. The summed E-state index contributed by atoms with van der Waals surface area (Å²) in [6.45, 7) is 0. The van der Waals surface area contributed by atoms with Crippen molar-refractivity contribution < 1.29 is 8.81 Å². The minimum atomic E-state index is -0.336. The number of benzene rings is 1. The molecule has 0 aliphatic carbocycles.